The molecule has 68 heavy (non-hydrogen) atoms. The molecule has 2 N–H and O–H groups in total. The summed E-state index contributed by atoms with van der Waals surface area (Å²) >= 11 is 20.2. The van der Waals surface area contributed by atoms with Gasteiger partial charge in [-0.05, 0) is 145 Å². The number of aliphatic hydroxyl groups is 1. The van der Waals surface area contributed by atoms with Gasteiger partial charge >= 0.3 is 5.97 Å². The van der Waals surface area contributed by atoms with E-state index >= 15 is 8.78 Å². The van der Waals surface area contributed by atoms with E-state index in [1.807, 2.05) is 30.3 Å². The second kappa shape index (κ2) is 25.6. The lowest BCUT2D eigenvalue weighted by Gasteiger charge is -2.35. The van der Waals surface area contributed by atoms with Crippen LogP contribution in [0.25, 0.3) is 0 Å². The molecule has 0 heterocycles. The van der Waals surface area contributed by atoms with E-state index in [1.165, 1.54) is 37.5 Å². The molecular weight excluding hydrogens is 972 g/mol. The van der Waals surface area contributed by atoms with Gasteiger partial charge in [0.25, 0.3) is 0 Å². The Balaban J connectivity index is 0.000000201. The van der Waals surface area contributed by atoms with E-state index in [4.69, 9.17) is 32.7 Å². The van der Waals surface area contributed by atoms with Crippen LogP contribution in [0.15, 0.2) is 157 Å². The highest BCUT2D eigenvalue weighted by Crippen LogP contribution is 2.52. The van der Waals surface area contributed by atoms with Crippen molar-refractivity contribution >= 4 is 60.4 Å². The van der Waals surface area contributed by atoms with Crippen molar-refractivity contribution in [3.63, 3.8) is 0 Å². The number of ether oxygens (including phenoxy) is 2. The van der Waals surface area contributed by atoms with Gasteiger partial charge in [-0.15, -0.1) is 0 Å². The topological polar surface area (TPSA) is 76.0 Å². The summed E-state index contributed by atoms with van der Waals surface area (Å²) in [7, 11) is 0.917. The summed E-state index contributed by atoms with van der Waals surface area (Å²) in [5, 5.41) is 21.9. The molecule has 0 unspecified atom stereocenters. The molecule has 6 aromatic rings. The average molecular weight is 1020 g/mol. The molecule has 0 spiro atoms. The summed E-state index contributed by atoms with van der Waals surface area (Å²) in [5.74, 6) is -3.09. The normalized spacial score (nSPS) is 16.0. The van der Waals surface area contributed by atoms with Crippen molar-refractivity contribution in [1.29, 1.82) is 0 Å². The Kier molecular flexibility index (Phi) is 19.7. The number of hydrogen-bond acceptors (Lipinski definition) is 6. The summed E-state index contributed by atoms with van der Waals surface area (Å²) in [4.78, 5) is 12.2. The van der Waals surface area contributed by atoms with Crippen molar-refractivity contribution in [2.24, 2.45) is 11.8 Å². The van der Waals surface area contributed by atoms with E-state index in [-0.39, 0.29) is 35.6 Å². The molecule has 3 aliphatic carbocycles. The van der Waals surface area contributed by atoms with Crippen LogP contribution in [-0.2, 0) is 48.9 Å². The number of alkyl halides is 1. The Morgan fingerprint density at radius 1 is 0.691 bits per heavy atom. The highest BCUT2D eigenvalue weighted by molar-refractivity contribution is 8.37. The smallest absolute Gasteiger partial charge is 0.344 e. The second-order valence-corrected chi connectivity index (χ2v) is 19.4. The van der Waals surface area contributed by atoms with Crippen LogP contribution >= 0.6 is 23.2 Å². The molecule has 0 amide bonds. The van der Waals surface area contributed by atoms with Gasteiger partial charge in [0.2, 0.25) is 5.67 Å². The molecule has 3 aliphatic rings. The van der Waals surface area contributed by atoms with Crippen molar-refractivity contribution in [2.45, 2.75) is 81.4 Å². The maximum absolute atomic E-state index is 16.3. The van der Waals surface area contributed by atoms with Crippen molar-refractivity contribution in [1.82, 2.24) is 0 Å². The Morgan fingerprint density at radius 3 is 1.57 bits per heavy atom. The number of benzene rings is 6. The van der Waals surface area contributed by atoms with E-state index in [2.05, 4.69) is 22.4 Å². The van der Waals surface area contributed by atoms with Gasteiger partial charge in [-0.25, -0.2) is 22.4 Å². The van der Waals surface area contributed by atoms with Gasteiger partial charge < -0.3 is 19.7 Å². The molecule has 4 atom stereocenters. The van der Waals surface area contributed by atoms with Gasteiger partial charge in [-0.3, -0.25) is 0 Å². The van der Waals surface area contributed by atoms with Gasteiger partial charge in [0.05, 0.1) is 0 Å². The minimum atomic E-state index is -2.94. The first-order valence-electron chi connectivity index (χ1n) is 22.2. The van der Waals surface area contributed by atoms with Gasteiger partial charge in [0.15, 0.2) is 23.1 Å². The van der Waals surface area contributed by atoms with E-state index in [0.29, 0.717) is 57.9 Å². The summed E-state index contributed by atoms with van der Waals surface area (Å²) in [6, 6.07) is 39.9. The first kappa shape index (κ1) is 52.4. The standard InChI is InChI=1S/C26H23ClF2O4.C25H21ClF2O.C3H6.S3/c27-19-11-9-18(10-12-19)24(17-7-8-17)26(29,25(31)32)23(30)15-16-6-13-21(28)22(14-16)33-20-4-2-1-3-5-20;26-20-12-10-19(11-13-20)25(18-8-9-18)23(28)15-7-17-6-14-22(27)24(16-17)29-21-4-2-1-3-5-21;1-2-3-1;1-3-2/h1-6,9-14,17,23-24,30H,7-8,15H2,(H,31,32);1-6,10-16,18,25H,7-9H2;1-3H2;/b;23-15+;;/t23-,24-,26+;25-;;/m00../s1. The Bertz CT molecular complexity index is 2630. The van der Waals surface area contributed by atoms with Gasteiger partial charge in [0, 0.05) is 59.6 Å². The Labute approximate surface area is 417 Å². The van der Waals surface area contributed by atoms with E-state index < -0.39 is 35.3 Å². The molecule has 6 aromatic carbocycles. The molecule has 14 heteroatoms. The zero-order valence-electron chi connectivity index (χ0n) is 36.8. The monoisotopic (exact) mass is 1020 g/mol. The number of allylic oxidation sites excluding steroid dienone is 2. The predicted molar refractivity (Wildman–Crippen MR) is 270 cm³/mol. The van der Waals surface area contributed by atoms with Crippen LogP contribution in [0.4, 0.5) is 17.6 Å². The average Bonchev–Trinajstić information content (AvgIpc) is 4.15. The molecule has 3 fully saturated rings. The van der Waals surface area contributed by atoms with Crippen LogP contribution in [0.5, 0.6) is 23.0 Å². The number of carbonyl (C=O) groups is 1. The highest BCUT2D eigenvalue weighted by Gasteiger charge is 2.57. The van der Waals surface area contributed by atoms with Crippen molar-refractivity contribution in [3.8, 4) is 23.0 Å². The van der Waals surface area contributed by atoms with E-state index in [0.717, 1.165) is 38.9 Å². The first-order chi connectivity index (χ1) is 32.8. The predicted octanol–water partition coefficient (Wildman–Crippen LogP) is 15.2. The number of hydrogen-bond donors (Lipinski definition) is 2. The lowest BCUT2D eigenvalue weighted by molar-refractivity contribution is -0.163. The third kappa shape index (κ3) is 15.5. The molecule has 0 aliphatic heterocycles. The van der Waals surface area contributed by atoms with Crippen LogP contribution in [0.1, 0.15) is 79.0 Å². The van der Waals surface area contributed by atoms with E-state index in [1.54, 1.807) is 97.1 Å². The summed E-state index contributed by atoms with van der Waals surface area (Å²) in [5.41, 5.74) is -0.387. The molecule has 0 saturated heterocycles. The third-order valence-corrected chi connectivity index (χ3v) is 12.0. The molecule has 0 bridgehead atoms. The zero-order chi connectivity index (χ0) is 48.6. The maximum Gasteiger partial charge on any atom is 0.344 e. The van der Waals surface area contributed by atoms with Crippen LogP contribution in [0.3, 0.4) is 0 Å². The molecule has 356 valence electrons. The number of aliphatic carboxylic acids is 1. The molecule has 0 radical (unpaired) electrons. The first-order valence-corrected chi connectivity index (χ1v) is 25.6. The van der Waals surface area contributed by atoms with Crippen LogP contribution < -0.4 is 9.47 Å². The molecule has 0 aromatic heterocycles. The van der Waals surface area contributed by atoms with Crippen molar-refractivity contribution in [3.05, 3.63) is 201 Å². The van der Waals surface area contributed by atoms with E-state index in [9.17, 15) is 23.8 Å². The van der Waals surface area contributed by atoms with Crippen LogP contribution in [-0.4, -0.2) is 28.0 Å². The Hall–Kier alpha value is -4.95. The molecule has 5 nitrogen and oxygen atoms in total. The SMILES string of the molecule is C1CC1.F/C(=C/Cc1ccc(F)c(Oc2ccccc2)c1)[C@H](c1ccc(Cl)cc1)C1CC1.O=C(O)[C@](F)([C@H](c1ccc(Cl)cc1)C1CC1)[C@@H](O)Cc1ccc(F)c(Oc2ccccc2)c1.S=S=S. The summed E-state index contributed by atoms with van der Waals surface area (Å²) in [6.45, 7) is 0. The minimum Gasteiger partial charge on any atom is -0.479 e. The van der Waals surface area contributed by atoms with Gasteiger partial charge in [-0.2, -0.15) is 0 Å². The number of carboxylic acids is 1. The molecule has 9 rings (SSSR count). The fourth-order valence-corrected chi connectivity index (χ4v) is 7.90. The quantitative estimate of drug-likeness (QED) is 0.0936. The van der Waals surface area contributed by atoms with Gasteiger partial charge in [0.1, 0.15) is 23.4 Å². The number of para-hydroxylation sites is 2. The van der Waals surface area contributed by atoms with Crippen LogP contribution in [0, 0.1) is 23.5 Å². The number of aliphatic hydroxyl groups excluding tert-OH is 1. The molecule has 3 saturated carbocycles. The van der Waals surface area contributed by atoms with Crippen molar-refractivity contribution < 1.29 is 42.0 Å². The number of halogens is 6. The lowest BCUT2D eigenvalue weighted by atomic mass is 9.75. The zero-order valence-corrected chi connectivity index (χ0v) is 40.8. The van der Waals surface area contributed by atoms with Crippen molar-refractivity contribution in [2.75, 3.05) is 0 Å². The van der Waals surface area contributed by atoms with Gasteiger partial charge in [-0.1, -0.05) is 115 Å². The minimum absolute atomic E-state index is 0.0953. The highest BCUT2D eigenvalue weighted by atomic mass is 35.5. The lowest BCUT2D eigenvalue weighted by Crippen LogP contribution is -2.52. The second-order valence-electron chi connectivity index (χ2n) is 16.8. The Morgan fingerprint density at radius 2 is 1.13 bits per heavy atom. The third-order valence-electron chi connectivity index (χ3n) is 11.5. The van der Waals surface area contributed by atoms with Crippen LogP contribution in [0.2, 0.25) is 10.0 Å². The fourth-order valence-electron chi connectivity index (χ4n) is 7.65. The summed E-state index contributed by atoms with van der Waals surface area (Å²) < 4.78 is 71.0. The molecular formula is C54H50Cl2F4O5S3. The largest absolute Gasteiger partial charge is 0.479 e. The fraction of sp³-hybridized carbons (Fsp3) is 0.278. The maximum atomic E-state index is 16.3. The number of rotatable bonds is 16. The summed E-state index contributed by atoms with van der Waals surface area (Å²) in [6.07, 6.45) is 7.66. The number of carboxylic acid groups (broad SMARTS) is 1.